The average Bonchev–Trinajstić information content (AvgIpc) is 3.03. The van der Waals surface area contributed by atoms with Crippen molar-refractivity contribution in [1.82, 2.24) is 0 Å². The highest BCUT2D eigenvalue weighted by atomic mass is 19.4. The number of hydrogen-bond donors (Lipinski definition) is 0. The number of fused-ring (bicyclic) bond motifs is 2. The molecular formula is C18H24F8O2. The Labute approximate surface area is 158 Å². The highest BCUT2D eigenvalue weighted by molar-refractivity contribution is 5.78. The monoisotopic (exact) mass is 424 g/mol. The van der Waals surface area contributed by atoms with Gasteiger partial charge in [-0.1, -0.05) is 13.8 Å². The molecule has 2 saturated carbocycles. The standard InChI is InChI=1S/C18H24F8O2/c1-8-9(2)11-6-10(8)7-15(11,5)13(27)28-14(3,4)17(23,24)18(25,26)16(21,22)12(19)20/h8-12H,6-7H2,1-5H3. The summed E-state index contributed by atoms with van der Waals surface area (Å²) in [5.41, 5.74) is -4.67. The molecular weight excluding hydrogens is 400 g/mol. The van der Waals surface area contributed by atoms with Crippen molar-refractivity contribution in [3.05, 3.63) is 0 Å². The third kappa shape index (κ3) is 2.91. The van der Waals surface area contributed by atoms with Crippen molar-refractivity contribution in [3.63, 3.8) is 0 Å². The van der Waals surface area contributed by atoms with Gasteiger partial charge in [-0.05, 0) is 57.3 Å². The van der Waals surface area contributed by atoms with Gasteiger partial charge in [0, 0.05) is 0 Å². The first-order chi connectivity index (χ1) is 12.3. The van der Waals surface area contributed by atoms with Crippen LogP contribution in [-0.4, -0.2) is 35.8 Å². The molecule has 0 radical (unpaired) electrons. The molecule has 0 aliphatic heterocycles. The van der Waals surface area contributed by atoms with E-state index in [1.54, 1.807) is 0 Å². The maximum absolute atomic E-state index is 14.3. The molecule has 2 fully saturated rings. The molecule has 0 N–H and O–H groups in total. The lowest BCUT2D eigenvalue weighted by Crippen LogP contribution is -2.66. The molecule has 2 aliphatic rings. The van der Waals surface area contributed by atoms with Crippen molar-refractivity contribution < 1.29 is 44.7 Å². The topological polar surface area (TPSA) is 26.3 Å². The summed E-state index contributed by atoms with van der Waals surface area (Å²) in [6, 6.07) is 0. The second-order valence-electron chi connectivity index (χ2n) is 8.91. The van der Waals surface area contributed by atoms with E-state index in [0.29, 0.717) is 26.7 Å². The van der Waals surface area contributed by atoms with Crippen LogP contribution in [0.3, 0.4) is 0 Å². The van der Waals surface area contributed by atoms with Gasteiger partial charge in [-0.3, -0.25) is 4.79 Å². The summed E-state index contributed by atoms with van der Waals surface area (Å²) in [7, 11) is 0. The Hall–Kier alpha value is -1.09. The number of carbonyl (C=O) groups excluding carboxylic acids is 1. The molecule has 0 saturated heterocycles. The van der Waals surface area contributed by atoms with E-state index < -0.39 is 41.2 Å². The van der Waals surface area contributed by atoms with E-state index >= 15 is 0 Å². The summed E-state index contributed by atoms with van der Waals surface area (Å²) >= 11 is 0. The van der Waals surface area contributed by atoms with Crippen LogP contribution in [0.2, 0.25) is 0 Å². The van der Waals surface area contributed by atoms with Crippen molar-refractivity contribution >= 4 is 5.97 Å². The predicted molar refractivity (Wildman–Crippen MR) is 83.7 cm³/mol. The SMILES string of the molecule is CC1C2CC(C1C)C(C)(C(=O)OC(C)(C)C(F)(F)C(F)(F)C(F)(F)C(F)F)C2. The average molecular weight is 424 g/mol. The smallest absolute Gasteiger partial charge is 0.381 e. The van der Waals surface area contributed by atoms with Gasteiger partial charge in [-0.25, -0.2) is 8.78 Å². The van der Waals surface area contributed by atoms with E-state index in [4.69, 9.17) is 0 Å². The van der Waals surface area contributed by atoms with E-state index in [9.17, 15) is 39.9 Å². The van der Waals surface area contributed by atoms with Gasteiger partial charge in [0.15, 0.2) is 5.60 Å². The van der Waals surface area contributed by atoms with E-state index in [0.717, 1.165) is 0 Å². The van der Waals surface area contributed by atoms with Crippen LogP contribution in [0, 0.1) is 29.1 Å². The van der Waals surface area contributed by atoms with E-state index in [1.165, 1.54) is 6.92 Å². The third-order valence-electron chi connectivity index (χ3n) is 6.93. The van der Waals surface area contributed by atoms with E-state index in [2.05, 4.69) is 4.74 Å². The fourth-order valence-corrected chi connectivity index (χ4v) is 4.73. The van der Waals surface area contributed by atoms with Crippen molar-refractivity contribution in [1.29, 1.82) is 0 Å². The molecule has 2 rings (SSSR count). The number of rotatable bonds is 6. The molecule has 0 aromatic carbocycles. The first-order valence-corrected chi connectivity index (χ1v) is 8.99. The van der Waals surface area contributed by atoms with Crippen LogP contribution in [0.15, 0.2) is 0 Å². The Morgan fingerprint density at radius 1 is 1.00 bits per heavy atom. The molecule has 0 aromatic heterocycles. The molecule has 0 spiro atoms. The quantitative estimate of drug-likeness (QED) is 0.398. The summed E-state index contributed by atoms with van der Waals surface area (Å²) < 4.78 is 112. The molecule has 28 heavy (non-hydrogen) atoms. The highest BCUT2D eigenvalue weighted by Gasteiger charge is 2.80. The zero-order chi connectivity index (χ0) is 22.1. The first kappa shape index (κ1) is 23.2. The van der Waals surface area contributed by atoms with Gasteiger partial charge in [-0.2, -0.15) is 26.3 Å². The van der Waals surface area contributed by atoms with Gasteiger partial charge in [0.1, 0.15) is 0 Å². The largest absolute Gasteiger partial charge is 0.453 e. The Morgan fingerprint density at radius 2 is 1.50 bits per heavy atom. The van der Waals surface area contributed by atoms with Crippen LogP contribution < -0.4 is 0 Å². The van der Waals surface area contributed by atoms with Gasteiger partial charge < -0.3 is 4.74 Å². The lowest BCUT2D eigenvalue weighted by molar-refractivity contribution is -0.371. The molecule has 0 amide bonds. The zero-order valence-corrected chi connectivity index (χ0v) is 16.1. The number of esters is 1. The van der Waals surface area contributed by atoms with Gasteiger partial charge in [0.05, 0.1) is 5.41 Å². The van der Waals surface area contributed by atoms with Gasteiger partial charge in [0.25, 0.3) is 0 Å². The second-order valence-corrected chi connectivity index (χ2v) is 8.91. The zero-order valence-electron chi connectivity index (χ0n) is 16.1. The van der Waals surface area contributed by atoms with Crippen molar-refractivity contribution in [2.24, 2.45) is 29.1 Å². The number of ether oxygens (including phenoxy) is 1. The molecule has 2 aliphatic carbocycles. The minimum Gasteiger partial charge on any atom is -0.453 e. The number of alkyl halides is 8. The summed E-state index contributed by atoms with van der Waals surface area (Å²) in [5.74, 6) is -19.4. The van der Waals surface area contributed by atoms with E-state index in [-0.39, 0.29) is 23.7 Å². The first-order valence-electron chi connectivity index (χ1n) is 8.99. The minimum atomic E-state index is -6.44. The Bertz CT molecular complexity index is 631. The molecule has 2 nitrogen and oxygen atoms in total. The van der Waals surface area contributed by atoms with Gasteiger partial charge in [0.2, 0.25) is 0 Å². The van der Waals surface area contributed by atoms with Gasteiger partial charge in [-0.15, -0.1) is 0 Å². The van der Waals surface area contributed by atoms with Crippen LogP contribution in [-0.2, 0) is 9.53 Å². The van der Waals surface area contributed by atoms with Crippen LogP contribution in [0.1, 0.15) is 47.5 Å². The lowest BCUT2D eigenvalue weighted by Gasteiger charge is -2.44. The van der Waals surface area contributed by atoms with Crippen LogP contribution in [0.25, 0.3) is 0 Å². The van der Waals surface area contributed by atoms with Crippen molar-refractivity contribution in [2.45, 2.75) is 77.3 Å². The number of halogens is 8. The predicted octanol–water partition coefficient (Wildman–Crippen LogP) is 5.80. The van der Waals surface area contributed by atoms with Crippen LogP contribution >= 0.6 is 0 Å². The highest BCUT2D eigenvalue weighted by Crippen LogP contribution is 2.62. The summed E-state index contributed by atoms with van der Waals surface area (Å²) in [6.07, 6.45) is -4.08. The van der Waals surface area contributed by atoms with E-state index in [1.807, 2.05) is 13.8 Å². The molecule has 2 bridgehead atoms. The maximum atomic E-state index is 14.3. The van der Waals surface area contributed by atoms with Crippen LogP contribution in [0.4, 0.5) is 35.1 Å². The second kappa shape index (κ2) is 6.45. The number of carbonyl (C=O) groups is 1. The lowest BCUT2D eigenvalue weighted by atomic mass is 9.66. The van der Waals surface area contributed by atoms with Gasteiger partial charge >= 0.3 is 30.2 Å². The third-order valence-corrected chi connectivity index (χ3v) is 6.93. The normalized spacial score (nSPS) is 34.2. The maximum Gasteiger partial charge on any atom is 0.381 e. The molecule has 5 atom stereocenters. The van der Waals surface area contributed by atoms with Crippen molar-refractivity contribution in [2.75, 3.05) is 0 Å². The Kier molecular flexibility index (Phi) is 5.35. The van der Waals surface area contributed by atoms with Crippen molar-refractivity contribution in [3.8, 4) is 0 Å². The minimum absolute atomic E-state index is 0.0598. The molecule has 5 unspecified atom stereocenters. The Balaban J connectivity index is 2.28. The molecule has 0 heterocycles. The number of hydrogen-bond acceptors (Lipinski definition) is 2. The fraction of sp³-hybridized carbons (Fsp3) is 0.944. The van der Waals surface area contributed by atoms with Crippen LogP contribution in [0.5, 0.6) is 0 Å². The Morgan fingerprint density at radius 3 is 1.89 bits per heavy atom. The summed E-state index contributed by atoms with van der Waals surface area (Å²) in [5, 5.41) is 0. The molecule has 10 heteroatoms. The molecule has 0 aromatic rings. The molecule has 164 valence electrons. The fourth-order valence-electron chi connectivity index (χ4n) is 4.73. The summed E-state index contributed by atoms with van der Waals surface area (Å²) in [4.78, 5) is 12.6. The summed E-state index contributed by atoms with van der Waals surface area (Å²) in [6.45, 7) is 6.00.